The summed E-state index contributed by atoms with van der Waals surface area (Å²) in [4.78, 5) is 3.61. The van der Waals surface area contributed by atoms with E-state index in [-0.39, 0.29) is 18.3 Å². The number of hydrogen-bond donors (Lipinski definition) is 0. The molecule has 0 unspecified atom stereocenters. The summed E-state index contributed by atoms with van der Waals surface area (Å²) >= 11 is 0.125. The van der Waals surface area contributed by atoms with E-state index in [1.165, 1.54) is 0 Å². The SMILES string of the molecule is [C-]1=NCCO1.[O]=[Zn]. The van der Waals surface area contributed by atoms with E-state index in [4.69, 9.17) is 3.57 Å². The van der Waals surface area contributed by atoms with Crippen molar-refractivity contribution in [1.29, 1.82) is 0 Å². The Morgan fingerprint density at radius 3 is 2.57 bits per heavy atom. The molecule has 0 aromatic heterocycles. The van der Waals surface area contributed by atoms with Gasteiger partial charge >= 0.3 is 21.8 Å². The monoisotopic (exact) mass is 150 g/mol. The molecule has 0 aliphatic carbocycles. The molecule has 0 aromatic rings. The Labute approximate surface area is 51.7 Å². The van der Waals surface area contributed by atoms with Gasteiger partial charge in [-0.25, -0.2) is 6.40 Å². The van der Waals surface area contributed by atoms with Crippen LogP contribution >= 0.6 is 0 Å². The van der Waals surface area contributed by atoms with Crippen molar-refractivity contribution in [2.45, 2.75) is 0 Å². The van der Waals surface area contributed by atoms with Crippen molar-refractivity contribution in [1.82, 2.24) is 0 Å². The van der Waals surface area contributed by atoms with Crippen LogP contribution in [0.4, 0.5) is 0 Å². The van der Waals surface area contributed by atoms with Gasteiger partial charge in [-0.1, -0.05) is 0 Å². The van der Waals surface area contributed by atoms with Crippen molar-refractivity contribution in [3.05, 3.63) is 0 Å². The molecule has 0 N–H and O–H groups in total. The average Bonchev–Trinajstić information content (AvgIpc) is 2.23. The Morgan fingerprint density at radius 2 is 2.43 bits per heavy atom. The first-order valence-electron chi connectivity index (χ1n) is 1.82. The predicted molar refractivity (Wildman–Crippen MR) is 18.9 cm³/mol. The molecule has 7 heavy (non-hydrogen) atoms. The van der Waals surface area contributed by atoms with Gasteiger partial charge in [0, 0.05) is 6.54 Å². The molecule has 0 radical (unpaired) electrons. The van der Waals surface area contributed by atoms with Crippen molar-refractivity contribution in [3.63, 3.8) is 0 Å². The first-order chi connectivity index (χ1) is 3.50. The summed E-state index contributed by atoms with van der Waals surface area (Å²) < 4.78 is 12.9. The Bertz CT molecular complexity index is 60.0. The number of rotatable bonds is 0. The quantitative estimate of drug-likeness (QED) is 0.355. The molecule has 1 rings (SSSR count). The van der Waals surface area contributed by atoms with Gasteiger partial charge in [-0.15, -0.1) is 0 Å². The second-order valence-corrected chi connectivity index (χ2v) is 0.821. The van der Waals surface area contributed by atoms with Gasteiger partial charge in [-0.3, -0.25) is 0 Å². The number of hydrogen-bond acceptors (Lipinski definition) is 3. The second kappa shape index (κ2) is 5.89. The zero-order chi connectivity index (χ0) is 5.54. The summed E-state index contributed by atoms with van der Waals surface area (Å²) in [5, 5.41) is 0. The molecule has 0 atom stereocenters. The Morgan fingerprint density at radius 1 is 1.71 bits per heavy atom. The number of aliphatic imine (C=N–C) groups is 1. The number of nitrogens with zero attached hydrogens (tertiary/aromatic N) is 1. The van der Waals surface area contributed by atoms with Crippen molar-refractivity contribution in [3.8, 4) is 0 Å². The molecule has 0 amide bonds. The van der Waals surface area contributed by atoms with Crippen LogP contribution in [0.3, 0.4) is 0 Å². The molecule has 0 bridgehead atoms. The third kappa shape index (κ3) is 3.73. The van der Waals surface area contributed by atoms with Gasteiger partial charge in [-0.2, -0.15) is 0 Å². The van der Waals surface area contributed by atoms with E-state index in [2.05, 4.69) is 16.1 Å². The van der Waals surface area contributed by atoms with Gasteiger partial charge < -0.3 is 9.73 Å². The Hall–Kier alpha value is -0.107. The molecule has 1 aliphatic rings. The second-order valence-electron chi connectivity index (χ2n) is 0.821. The van der Waals surface area contributed by atoms with E-state index < -0.39 is 0 Å². The summed E-state index contributed by atoms with van der Waals surface area (Å²) in [5.41, 5.74) is 0. The molecule has 0 saturated carbocycles. The summed E-state index contributed by atoms with van der Waals surface area (Å²) in [7, 11) is 0. The maximum atomic E-state index is 8.38. The first-order valence-corrected chi connectivity index (χ1v) is 3.03. The van der Waals surface area contributed by atoms with Crippen LogP contribution in [-0.4, -0.2) is 19.6 Å². The van der Waals surface area contributed by atoms with Crippen molar-refractivity contribution in [2.24, 2.45) is 4.99 Å². The van der Waals surface area contributed by atoms with Crippen LogP contribution in [-0.2, 0) is 26.6 Å². The fraction of sp³-hybridized carbons (Fsp3) is 0.667. The van der Waals surface area contributed by atoms with Crippen LogP contribution in [0.2, 0.25) is 0 Å². The Kier molecular flexibility index (Phi) is 5.80. The van der Waals surface area contributed by atoms with Crippen LogP contribution in [0.1, 0.15) is 0 Å². The van der Waals surface area contributed by atoms with Crippen molar-refractivity contribution < 1.29 is 26.6 Å². The first kappa shape index (κ1) is 6.89. The van der Waals surface area contributed by atoms with E-state index >= 15 is 0 Å². The van der Waals surface area contributed by atoms with E-state index in [9.17, 15) is 0 Å². The fourth-order valence-electron chi connectivity index (χ4n) is 0.228. The van der Waals surface area contributed by atoms with Gasteiger partial charge in [0.1, 0.15) is 0 Å². The molecule has 0 aromatic carbocycles. The van der Waals surface area contributed by atoms with Crippen LogP contribution in [0, 0.1) is 0 Å². The Balaban J connectivity index is 0.000000162. The molecule has 0 fully saturated rings. The van der Waals surface area contributed by atoms with Crippen molar-refractivity contribution in [2.75, 3.05) is 13.2 Å². The van der Waals surface area contributed by atoms with E-state index in [0.29, 0.717) is 0 Å². The molecule has 1 aliphatic heterocycles. The standard InChI is InChI=1S/C3H4NO.O.Zn/c1-2-5-3-4-1;;/h1-2H2;;/q-1;;. The van der Waals surface area contributed by atoms with Gasteiger partial charge in [-0.05, 0) is 0 Å². The van der Waals surface area contributed by atoms with Gasteiger partial charge in [0.05, 0.1) is 6.61 Å². The topological polar surface area (TPSA) is 38.7 Å². The summed E-state index contributed by atoms with van der Waals surface area (Å²) in [6, 6.07) is 0. The zero-order valence-corrected chi connectivity index (χ0v) is 6.85. The predicted octanol–water partition coefficient (Wildman–Crippen LogP) is -0.199. The molecular formula is C3H4NO2Zn-. The summed E-state index contributed by atoms with van der Waals surface area (Å²) in [6.45, 7) is 1.51. The molecule has 4 heteroatoms. The fourth-order valence-corrected chi connectivity index (χ4v) is 0.228. The third-order valence-electron chi connectivity index (χ3n) is 0.434. The molecule has 0 spiro atoms. The molecule has 1 heterocycles. The minimum atomic E-state index is 0.125. The van der Waals surface area contributed by atoms with Crippen LogP contribution in [0.15, 0.2) is 4.99 Å². The minimum absolute atomic E-state index is 0.125. The molecule has 36 valence electrons. The normalized spacial score (nSPS) is 14.6. The van der Waals surface area contributed by atoms with Gasteiger partial charge in [0.15, 0.2) is 0 Å². The third-order valence-corrected chi connectivity index (χ3v) is 0.434. The molecule has 0 saturated heterocycles. The van der Waals surface area contributed by atoms with Crippen LogP contribution in [0.5, 0.6) is 0 Å². The van der Waals surface area contributed by atoms with Gasteiger partial charge in [0.25, 0.3) is 0 Å². The molecule has 3 nitrogen and oxygen atoms in total. The maximum absolute atomic E-state index is 8.38. The van der Waals surface area contributed by atoms with Crippen LogP contribution in [0.25, 0.3) is 0 Å². The molecular weight excluding hydrogens is 147 g/mol. The average molecular weight is 151 g/mol. The van der Waals surface area contributed by atoms with E-state index in [1.54, 1.807) is 0 Å². The summed E-state index contributed by atoms with van der Waals surface area (Å²) in [5.74, 6) is 0. The van der Waals surface area contributed by atoms with Crippen LogP contribution < -0.4 is 0 Å². The summed E-state index contributed by atoms with van der Waals surface area (Å²) in [6.07, 6.45) is 2.35. The van der Waals surface area contributed by atoms with Crippen molar-refractivity contribution >= 4 is 6.40 Å². The van der Waals surface area contributed by atoms with Gasteiger partial charge in [0.2, 0.25) is 0 Å². The zero-order valence-electron chi connectivity index (χ0n) is 3.89. The van der Waals surface area contributed by atoms with E-state index in [1.807, 2.05) is 0 Å². The van der Waals surface area contributed by atoms with E-state index in [0.717, 1.165) is 13.2 Å². The number of ether oxygens (including phenoxy) is 1.